The second kappa shape index (κ2) is 5.13. The first-order valence-electron chi connectivity index (χ1n) is 6.60. The number of furan rings is 1. The van der Waals surface area contributed by atoms with Crippen molar-refractivity contribution in [3.05, 3.63) is 41.6 Å². The Balaban J connectivity index is 1.76. The van der Waals surface area contributed by atoms with Crippen LogP contribution >= 0.6 is 0 Å². The van der Waals surface area contributed by atoms with Gasteiger partial charge in [0, 0.05) is 24.9 Å². The molecular weight excluding hydrogens is 258 g/mol. The van der Waals surface area contributed by atoms with Gasteiger partial charge in [-0.1, -0.05) is 0 Å². The van der Waals surface area contributed by atoms with E-state index in [9.17, 15) is 4.79 Å². The van der Waals surface area contributed by atoms with Crippen molar-refractivity contribution in [2.24, 2.45) is 7.05 Å². The summed E-state index contributed by atoms with van der Waals surface area (Å²) in [5.74, 6) is -0.138. The summed E-state index contributed by atoms with van der Waals surface area (Å²) in [6.45, 7) is 2.63. The summed E-state index contributed by atoms with van der Waals surface area (Å²) in [5, 5.41) is 7.24. The molecule has 0 saturated carbocycles. The van der Waals surface area contributed by atoms with E-state index in [0.717, 1.165) is 17.7 Å². The van der Waals surface area contributed by atoms with Crippen LogP contribution in [0.25, 0.3) is 0 Å². The number of hydrogen-bond donors (Lipinski definition) is 1. The number of rotatable bonds is 3. The van der Waals surface area contributed by atoms with Crippen LogP contribution in [-0.4, -0.2) is 28.3 Å². The minimum Gasteiger partial charge on any atom is -0.472 e. The summed E-state index contributed by atoms with van der Waals surface area (Å²) in [5.41, 5.74) is 2.61. The molecule has 3 rings (SSSR count). The van der Waals surface area contributed by atoms with Crippen molar-refractivity contribution in [2.75, 3.05) is 6.61 Å². The van der Waals surface area contributed by atoms with Gasteiger partial charge in [0.25, 0.3) is 5.91 Å². The van der Waals surface area contributed by atoms with Crippen molar-refractivity contribution in [2.45, 2.75) is 25.5 Å². The molecule has 1 saturated heterocycles. The third-order valence-corrected chi connectivity index (χ3v) is 3.77. The van der Waals surface area contributed by atoms with Crippen molar-refractivity contribution in [1.82, 2.24) is 15.1 Å². The molecule has 6 nitrogen and oxygen atoms in total. The maximum atomic E-state index is 12.1. The lowest BCUT2D eigenvalue weighted by Gasteiger charge is -2.19. The minimum absolute atomic E-state index is 0.0414. The van der Waals surface area contributed by atoms with Crippen LogP contribution < -0.4 is 5.32 Å². The summed E-state index contributed by atoms with van der Waals surface area (Å²) < 4.78 is 12.5. The van der Waals surface area contributed by atoms with Crippen molar-refractivity contribution in [3.8, 4) is 0 Å². The second-order valence-electron chi connectivity index (χ2n) is 4.98. The highest BCUT2D eigenvalue weighted by Gasteiger charge is 2.33. The smallest absolute Gasteiger partial charge is 0.254 e. The number of nitrogens with one attached hydrogen (secondary N) is 1. The van der Waals surface area contributed by atoms with E-state index in [1.807, 2.05) is 24.9 Å². The van der Waals surface area contributed by atoms with Gasteiger partial charge < -0.3 is 14.5 Å². The number of carbonyl (C=O) groups is 1. The number of ether oxygens (including phenoxy) is 1. The molecule has 1 aliphatic rings. The van der Waals surface area contributed by atoms with Gasteiger partial charge in [0.15, 0.2) is 0 Å². The predicted molar refractivity (Wildman–Crippen MR) is 71.2 cm³/mol. The van der Waals surface area contributed by atoms with Crippen LogP contribution in [-0.2, 0) is 11.8 Å². The number of amides is 1. The molecule has 1 fully saturated rings. The first-order valence-corrected chi connectivity index (χ1v) is 6.60. The van der Waals surface area contributed by atoms with Crippen LogP contribution in [0.2, 0.25) is 0 Å². The van der Waals surface area contributed by atoms with Gasteiger partial charge in [0.1, 0.15) is 12.4 Å². The highest BCUT2D eigenvalue weighted by Crippen LogP contribution is 2.31. The quantitative estimate of drug-likeness (QED) is 0.923. The molecule has 0 radical (unpaired) electrons. The summed E-state index contributed by atoms with van der Waals surface area (Å²) in [7, 11) is 1.90. The molecule has 0 unspecified atom stereocenters. The molecule has 1 N–H and O–H groups in total. The molecule has 1 aliphatic heterocycles. The average molecular weight is 275 g/mol. The van der Waals surface area contributed by atoms with Crippen LogP contribution in [0.15, 0.2) is 29.2 Å². The fraction of sp³-hybridized carbons (Fsp3) is 0.429. The normalized spacial score (nSPS) is 22.1. The third-order valence-electron chi connectivity index (χ3n) is 3.77. The van der Waals surface area contributed by atoms with E-state index >= 15 is 0 Å². The molecule has 2 atom stereocenters. The van der Waals surface area contributed by atoms with E-state index in [4.69, 9.17) is 9.15 Å². The summed E-state index contributed by atoms with van der Waals surface area (Å²) in [6, 6.07) is 1.61. The third kappa shape index (κ3) is 2.22. The Kier molecular flexibility index (Phi) is 3.31. The molecular formula is C14H17N3O3. The van der Waals surface area contributed by atoms with Crippen molar-refractivity contribution >= 4 is 5.91 Å². The van der Waals surface area contributed by atoms with Gasteiger partial charge in [-0.15, -0.1) is 0 Å². The molecule has 0 aromatic carbocycles. The molecule has 0 spiro atoms. The number of nitrogens with zero attached hydrogens (tertiary/aromatic N) is 2. The van der Waals surface area contributed by atoms with Crippen LogP contribution in [0.1, 0.15) is 34.1 Å². The van der Waals surface area contributed by atoms with E-state index in [2.05, 4.69) is 10.4 Å². The zero-order valence-corrected chi connectivity index (χ0v) is 11.5. The lowest BCUT2D eigenvalue weighted by Crippen LogP contribution is -2.36. The summed E-state index contributed by atoms with van der Waals surface area (Å²) in [6.07, 6.45) is 5.39. The fourth-order valence-corrected chi connectivity index (χ4v) is 2.48. The SMILES string of the molecule is Cc1c([C@H]2OCC[C@@H]2NC(=O)c2ccoc2)cnn1C. The molecule has 6 heteroatoms. The van der Waals surface area contributed by atoms with Crippen molar-refractivity contribution in [1.29, 1.82) is 0 Å². The zero-order valence-electron chi connectivity index (χ0n) is 11.5. The molecule has 0 bridgehead atoms. The van der Waals surface area contributed by atoms with Gasteiger partial charge in [0.2, 0.25) is 0 Å². The highest BCUT2D eigenvalue weighted by molar-refractivity contribution is 5.94. The Hall–Kier alpha value is -2.08. The Morgan fingerprint density at radius 2 is 2.40 bits per heavy atom. The van der Waals surface area contributed by atoms with E-state index in [1.54, 1.807) is 6.07 Å². The van der Waals surface area contributed by atoms with E-state index in [0.29, 0.717) is 12.2 Å². The van der Waals surface area contributed by atoms with Crippen LogP contribution in [0.4, 0.5) is 0 Å². The van der Waals surface area contributed by atoms with Crippen LogP contribution in [0, 0.1) is 6.92 Å². The highest BCUT2D eigenvalue weighted by atomic mass is 16.5. The van der Waals surface area contributed by atoms with Crippen LogP contribution in [0.3, 0.4) is 0 Å². The predicted octanol–water partition coefficient (Wildman–Crippen LogP) is 1.58. The monoisotopic (exact) mass is 275 g/mol. The first-order chi connectivity index (χ1) is 9.66. The van der Waals surface area contributed by atoms with Crippen molar-refractivity contribution in [3.63, 3.8) is 0 Å². The fourth-order valence-electron chi connectivity index (χ4n) is 2.48. The van der Waals surface area contributed by atoms with Gasteiger partial charge >= 0.3 is 0 Å². The molecule has 106 valence electrons. The Morgan fingerprint density at radius 1 is 1.55 bits per heavy atom. The van der Waals surface area contributed by atoms with E-state index in [1.165, 1.54) is 12.5 Å². The van der Waals surface area contributed by atoms with Gasteiger partial charge in [-0.2, -0.15) is 5.10 Å². The maximum Gasteiger partial charge on any atom is 0.254 e. The van der Waals surface area contributed by atoms with Gasteiger partial charge in [-0.05, 0) is 19.4 Å². The molecule has 1 amide bonds. The Bertz CT molecular complexity index is 603. The number of carbonyl (C=O) groups excluding carboxylic acids is 1. The lowest BCUT2D eigenvalue weighted by atomic mass is 10.0. The molecule has 20 heavy (non-hydrogen) atoms. The molecule has 2 aromatic rings. The van der Waals surface area contributed by atoms with Gasteiger partial charge in [-0.25, -0.2) is 0 Å². The van der Waals surface area contributed by atoms with Crippen molar-refractivity contribution < 1.29 is 13.9 Å². The van der Waals surface area contributed by atoms with Gasteiger partial charge in [-0.3, -0.25) is 9.48 Å². The van der Waals surface area contributed by atoms with E-state index in [-0.39, 0.29) is 18.1 Å². The molecule has 2 aromatic heterocycles. The lowest BCUT2D eigenvalue weighted by molar-refractivity contribution is 0.0818. The van der Waals surface area contributed by atoms with Gasteiger partial charge in [0.05, 0.1) is 24.1 Å². The largest absolute Gasteiger partial charge is 0.472 e. The maximum absolute atomic E-state index is 12.1. The first kappa shape index (κ1) is 12.9. The molecule has 3 heterocycles. The van der Waals surface area contributed by atoms with E-state index < -0.39 is 0 Å². The zero-order chi connectivity index (χ0) is 14.1. The number of aryl methyl sites for hydroxylation is 1. The Labute approximate surface area is 116 Å². The topological polar surface area (TPSA) is 69.3 Å². The summed E-state index contributed by atoms with van der Waals surface area (Å²) >= 11 is 0. The Morgan fingerprint density at radius 3 is 3.05 bits per heavy atom. The average Bonchev–Trinajstić information content (AvgIpc) is 3.13. The van der Waals surface area contributed by atoms with Crippen LogP contribution in [0.5, 0.6) is 0 Å². The number of hydrogen-bond acceptors (Lipinski definition) is 4. The number of aromatic nitrogens is 2. The second-order valence-corrected chi connectivity index (χ2v) is 4.98. The molecule has 0 aliphatic carbocycles. The minimum atomic E-state index is -0.139. The standard InChI is InChI=1S/C14H17N3O3/c1-9-11(7-15-17(9)2)13-12(4-6-20-13)16-14(18)10-3-5-19-8-10/h3,5,7-8,12-13H,4,6H2,1-2H3,(H,16,18)/t12-,13+/m0/s1. The summed E-state index contributed by atoms with van der Waals surface area (Å²) in [4.78, 5) is 12.1.